The second kappa shape index (κ2) is 3.88. The minimum atomic E-state index is -3.73. The largest absolute Gasteiger partial charge is 0.481 e. The highest BCUT2D eigenvalue weighted by Gasteiger charge is 2.29. The van der Waals surface area contributed by atoms with Crippen LogP contribution in [0.1, 0.15) is 19.4 Å². The van der Waals surface area contributed by atoms with Gasteiger partial charge in [0.15, 0.2) is 0 Å². The Morgan fingerprint density at radius 1 is 1.25 bits per heavy atom. The number of carboxylic acid groups (broad SMARTS) is 1. The van der Waals surface area contributed by atoms with E-state index in [1.807, 2.05) is 0 Å². The molecule has 88 valence electrons. The van der Waals surface area contributed by atoms with Crippen molar-refractivity contribution in [3.05, 3.63) is 29.8 Å². The van der Waals surface area contributed by atoms with E-state index in [2.05, 4.69) is 0 Å². The highest BCUT2D eigenvalue weighted by atomic mass is 32.2. The first-order chi connectivity index (χ1) is 7.15. The van der Waals surface area contributed by atoms with Gasteiger partial charge in [0.05, 0.1) is 10.3 Å². The van der Waals surface area contributed by atoms with E-state index in [0.29, 0.717) is 5.56 Å². The standard InChI is InChI=1S/C10H13NO4S/c1-10(2,9(12)13)7-3-5-8(6-4-7)16(11,14)15/h3-6H,1-2H3,(H,12,13)(H2,11,14,15). The van der Waals surface area contributed by atoms with E-state index < -0.39 is 21.4 Å². The molecule has 0 heterocycles. The van der Waals surface area contributed by atoms with Gasteiger partial charge in [-0.25, -0.2) is 13.6 Å². The molecule has 0 aliphatic rings. The number of hydrogen-bond donors (Lipinski definition) is 2. The number of carboxylic acids is 1. The first-order valence-corrected chi connectivity index (χ1v) is 6.07. The monoisotopic (exact) mass is 243 g/mol. The number of hydrogen-bond acceptors (Lipinski definition) is 3. The fourth-order valence-electron chi connectivity index (χ4n) is 1.18. The minimum absolute atomic E-state index is 0.0301. The molecule has 0 atom stereocenters. The van der Waals surface area contributed by atoms with Crippen molar-refractivity contribution >= 4 is 16.0 Å². The van der Waals surface area contributed by atoms with Crippen LogP contribution < -0.4 is 5.14 Å². The van der Waals surface area contributed by atoms with E-state index in [1.165, 1.54) is 24.3 Å². The third-order valence-electron chi connectivity index (χ3n) is 2.44. The first kappa shape index (κ1) is 12.7. The van der Waals surface area contributed by atoms with Gasteiger partial charge in [0.25, 0.3) is 0 Å². The predicted octanol–water partition coefficient (Wildman–Crippen LogP) is 0.696. The minimum Gasteiger partial charge on any atom is -0.481 e. The van der Waals surface area contributed by atoms with Crippen molar-refractivity contribution in [3.8, 4) is 0 Å². The van der Waals surface area contributed by atoms with Crippen LogP contribution in [0, 0.1) is 0 Å². The molecule has 3 N–H and O–H groups in total. The van der Waals surface area contributed by atoms with Gasteiger partial charge in [0.1, 0.15) is 0 Å². The third-order valence-corrected chi connectivity index (χ3v) is 3.37. The lowest BCUT2D eigenvalue weighted by Gasteiger charge is -2.19. The molecule has 0 fully saturated rings. The summed E-state index contributed by atoms with van der Waals surface area (Å²) in [5.41, 5.74) is -0.538. The lowest BCUT2D eigenvalue weighted by molar-refractivity contribution is -0.142. The maximum absolute atomic E-state index is 11.0. The van der Waals surface area contributed by atoms with Crippen LogP contribution in [-0.4, -0.2) is 19.5 Å². The van der Waals surface area contributed by atoms with E-state index in [1.54, 1.807) is 13.8 Å². The third kappa shape index (κ3) is 2.40. The summed E-state index contributed by atoms with van der Waals surface area (Å²) in [6.07, 6.45) is 0. The molecule has 0 aromatic heterocycles. The van der Waals surface area contributed by atoms with E-state index in [-0.39, 0.29) is 4.90 Å². The highest BCUT2D eigenvalue weighted by molar-refractivity contribution is 7.89. The Labute approximate surface area is 93.9 Å². The number of aliphatic carboxylic acids is 1. The van der Waals surface area contributed by atoms with Gasteiger partial charge in [-0.15, -0.1) is 0 Å². The topological polar surface area (TPSA) is 97.5 Å². The number of primary sulfonamides is 1. The molecule has 0 amide bonds. The number of sulfonamides is 1. The van der Waals surface area contributed by atoms with Crippen molar-refractivity contribution in [1.29, 1.82) is 0 Å². The Kier molecular flexibility index (Phi) is 3.07. The summed E-state index contributed by atoms with van der Waals surface area (Å²) in [5.74, 6) is -0.976. The molecule has 0 bridgehead atoms. The van der Waals surface area contributed by atoms with Crippen LogP contribution in [0.25, 0.3) is 0 Å². The van der Waals surface area contributed by atoms with Crippen LogP contribution in [0.3, 0.4) is 0 Å². The summed E-state index contributed by atoms with van der Waals surface area (Å²) in [4.78, 5) is 10.9. The lowest BCUT2D eigenvalue weighted by atomic mass is 9.85. The molecule has 0 spiro atoms. The molecule has 0 aliphatic carbocycles. The normalized spacial score (nSPS) is 12.4. The molecular formula is C10H13NO4S. The van der Waals surface area contributed by atoms with Crippen LogP contribution in [0.2, 0.25) is 0 Å². The van der Waals surface area contributed by atoms with E-state index in [9.17, 15) is 13.2 Å². The zero-order valence-corrected chi connectivity index (χ0v) is 9.78. The summed E-state index contributed by atoms with van der Waals surface area (Å²) in [5, 5.41) is 13.9. The van der Waals surface area contributed by atoms with Crippen LogP contribution in [0.5, 0.6) is 0 Å². The Bertz CT molecular complexity index is 502. The van der Waals surface area contributed by atoms with Gasteiger partial charge in [-0.1, -0.05) is 12.1 Å². The van der Waals surface area contributed by atoms with Crippen LogP contribution in [-0.2, 0) is 20.2 Å². The summed E-state index contributed by atoms with van der Waals surface area (Å²) >= 11 is 0. The Morgan fingerprint density at radius 3 is 2.00 bits per heavy atom. The van der Waals surface area contributed by atoms with Crippen molar-refractivity contribution in [2.75, 3.05) is 0 Å². The van der Waals surface area contributed by atoms with Crippen LogP contribution in [0.4, 0.5) is 0 Å². The Morgan fingerprint density at radius 2 is 1.69 bits per heavy atom. The average Bonchev–Trinajstić information content (AvgIpc) is 2.16. The average molecular weight is 243 g/mol. The van der Waals surface area contributed by atoms with E-state index >= 15 is 0 Å². The van der Waals surface area contributed by atoms with Crippen molar-refractivity contribution in [1.82, 2.24) is 0 Å². The Balaban J connectivity index is 3.19. The maximum Gasteiger partial charge on any atom is 0.313 e. The molecule has 0 unspecified atom stereocenters. The molecular weight excluding hydrogens is 230 g/mol. The van der Waals surface area contributed by atoms with E-state index in [4.69, 9.17) is 10.2 Å². The molecule has 1 aromatic rings. The maximum atomic E-state index is 11.0. The lowest BCUT2D eigenvalue weighted by Crippen LogP contribution is -2.28. The number of carbonyl (C=O) groups is 1. The quantitative estimate of drug-likeness (QED) is 0.816. The van der Waals surface area contributed by atoms with Gasteiger partial charge in [-0.05, 0) is 31.5 Å². The zero-order chi connectivity index (χ0) is 12.6. The smallest absolute Gasteiger partial charge is 0.313 e. The molecule has 5 nitrogen and oxygen atoms in total. The van der Waals surface area contributed by atoms with Crippen molar-refractivity contribution in [2.45, 2.75) is 24.2 Å². The number of benzene rings is 1. The summed E-state index contributed by atoms with van der Waals surface area (Å²) in [6, 6.07) is 5.51. The second-order valence-electron chi connectivity index (χ2n) is 4.00. The predicted molar refractivity (Wildman–Crippen MR) is 58.5 cm³/mol. The molecule has 0 saturated carbocycles. The molecule has 0 radical (unpaired) electrons. The van der Waals surface area contributed by atoms with Crippen LogP contribution in [0.15, 0.2) is 29.2 Å². The number of rotatable bonds is 3. The fourth-order valence-corrected chi connectivity index (χ4v) is 1.70. The highest BCUT2D eigenvalue weighted by Crippen LogP contribution is 2.24. The molecule has 1 aromatic carbocycles. The zero-order valence-electron chi connectivity index (χ0n) is 8.97. The van der Waals surface area contributed by atoms with Crippen molar-refractivity contribution < 1.29 is 18.3 Å². The first-order valence-electron chi connectivity index (χ1n) is 4.52. The second-order valence-corrected chi connectivity index (χ2v) is 5.56. The fraction of sp³-hybridized carbons (Fsp3) is 0.300. The molecule has 1 rings (SSSR count). The van der Waals surface area contributed by atoms with E-state index in [0.717, 1.165) is 0 Å². The number of nitrogens with two attached hydrogens (primary N) is 1. The summed E-state index contributed by atoms with van der Waals surface area (Å²) in [7, 11) is -3.73. The molecule has 0 saturated heterocycles. The Hall–Kier alpha value is -1.40. The SMILES string of the molecule is CC(C)(C(=O)O)c1ccc(S(N)(=O)=O)cc1. The molecule has 0 aliphatic heterocycles. The molecule has 16 heavy (non-hydrogen) atoms. The van der Waals surface area contributed by atoms with Gasteiger partial charge in [0, 0.05) is 0 Å². The van der Waals surface area contributed by atoms with Gasteiger partial charge < -0.3 is 5.11 Å². The summed E-state index contributed by atoms with van der Waals surface area (Å²) < 4.78 is 22.0. The van der Waals surface area contributed by atoms with Gasteiger partial charge in [0.2, 0.25) is 10.0 Å². The summed E-state index contributed by atoms with van der Waals surface area (Å²) in [6.45, 7) is 3.09. The van der Waals surface area contributed by atoms with Crippen molar-refractivity contribution in [3.63, 3.8) is 0 Å². The van der Waals surface area contributed by atoms with Crippen molar-refractivity contribution in [2.24, 2.45) is 5.14 Å². The van der Waals surface area contributed by atoms with Gasteiger partial charge >= 0.3 is 5.97 Å². The molecule has 6 heteroatoms. The van der Waals surface area contributed by atoms with Gasteiger partial charge in [-0.2, -0.15) is 0 Å². The van der Waals surface area contributed by atoms with Crippen LogP contribution >= 0.6 is 0 Å². The van der Waals surface area contributed by atoms with Gasteiger partial charge in [-0.3, -0.25) is 4.79 Å².